The Morgan fingerprint density at radius 1 is 1.53 bits per heavy atom. The fourth-order valence-corrected chi connectivity index (χ4v) is 2.56. The van der Waals surface area contributed by atoms with Crippen LogP contribution in [0.1, 0.15) is 16.8 Å². The zero-order chi connectivity index (χ0) is 12.4. The Balaban J connectivity index is 2.11. The van der Waals surface area contributed by atoms with E-state index in [2.05, 4.69) is 10.3 Å². The van der Waals surface area contributed by atoms with Gasteiger partial charge in [-0.25, -0.2) is 0 Å². The second kappa shape index (κ2) is 4.93. The minimum Gasteiger partial charge on any atom is -0.341 e. The van der Waals surface area contributed by atoms with E-state index in [1.165, 1.54) is 24.0 Å². The largest absolute Gasteiger partial charge is 0.341 e. The minimum atomic E-state index is -0.448. The van der Waals surface area contributed by atoms with Gasteiger partial charge in [0.15, 0.2) is 0 Å². The topological polar surface area (TPSA) is 79.0 Å². The molecule has 0 aromatic carbocycles. The van der Waals surface area contributed by atoms with Crippen molar-refractivity contribution in [1.29, 1.82) is 0 Å². The lowest BCUT2D eigenvalue weighted by Gasteiger charge is -2.09. The molecule has 2 rings (SSSR count). The summed E-state index contributed by atoms with van der Waals surface area (Å²) in [4.78, 5) is 36.4. The van der Waals surface area contributed by atoms with E-state index in [0.29, 0.717) is 6.42 Å². The van der Waals surface area contributed by atoms with Crippen LogP contribution in [0.25, 0.3) is 0 Å². The number of hydrogen-bond acceptors (Lipinski definition) is 4. The molecule has 2 heterocycles. The predicted molar refractivity (Wildman–Crippen MR) is 65.4 cm³/mol. The lowest BCUT2D eigenvalue weighted by molar-refractivity contribution is -0.112. The van der Waals surface area contributed by atoms with Gasteiger partial charge in [-0.3, -0.25) is 14.4 Å². The highest BCUT2D eigenvalue weighted by molar-refractivity contribution is 8.14. The first kappa shape index (κ1) is 12.2. The third kappa shape index (κ3) is 2.70. The van der Waals surface area contributed by atoms with Gasteiger partial charge in [-0.2, -0.15) is 0 Å². The zero-order valence-electron chi connectivity index (χ0n) is 8.66. The van der Waals surface area contributed by atoms with Crippen LogP contribution in [0.15, 0.2) is 17.1 Å². The quantitative estimate of drug-likeness (QED) is 0.834. The van der Waals surface area contributed by atoms with Crippen LogP contribution >= 0.6 is 23.4 Å². The molecular weight excluding hydrogens is 264 g/mol. The van der Waals surface area contributed by atoms with Crippen LogP contribution in [-0.4, -0.2) is 27.8 Å². The summed E-state index contributed by atoms with van der Waals surface area (Å²) in [6, 6.07) is 0.834. The normalized spacial score (nSPS) is 19.4. The van der Waals surface area contributed by atoms with E-state index in [0.717, 1.165) is 5.75 Å². The van der Waals surface area contributed by atoms with Crippen LogP contribution in [0.5, 0.6) is 0 Å². The van der Waals surface area contributed by atoms with E-state index in [1.54, 1.807) is 0 Å². The van der Waals surface area contributed by atoms with Crippen molar-refractivity contribution in [3.8, 4) is 0 Å². The summed E-state index contributed by atoms with van der Waals surface area (Å²) in [5.74, 6) is 0.305. The van der Waals surface area contributed by atoms with Crippen molar-refractivity contribution in [1.82, 2.24) is 10.3 Å². The Labute approximate surface area is 106 Å². The fraction of sp³-hybridized carbons (Fsp3) is 0.300. The van der Waals surface area contributed by atoms with Crippen LogP contribution in [-0.2, 0) is 4.79 Å². The number of hydrogen-bond donors (Lipinski definition) is 2. The van der Waals surface area contributed by atoms with E-state index >= 15 is 0 Å². The van der Waals surface area contributed by atoms with Crippen molar-refractivity contribution in [3.63, 3.8) is 0 Å². The Morgan fingerprint density at radius 2 is 2.29 bits per heavy atom. The van der Waals surface area contributed by atoms with Gasteiger partial charge in [0.2, 0.25) is 5.12 Å². The maximum atomic E-state index is 11.8. The second-order valence-corrected chi connectivity index (χ2v) is 5.05. The van der Waals surface area contributed by atoms with Gasteiger partial charge in [-0.1, -0.05) is 23.4 Å². The first-order chi connectivity index (χ1) is 8.08. The molecule has 90 valence electrons. The summed E-state index contributed by atoms with van der Waals surface area (Å²) in [7, 11) is 0. The number of halogens is 1. The van der Waals surface area contributed by atoms with Crippen molar-refractivity contribution in [2.24, 2.45) is 0 Å². The minimum absolute atomic E-state index is 0.0335. The number of aromatic nitrogens is 1. The van der Waals surface area contributed by atoms with Crippen LogP contribution in [0.2, 0.25) is 5.02 Å². The molecule has 0 aliphatic carbocycles. The molecule has 0 radical (unpaired) electrons. The highest BCUT2D eigenvalue weighted by Crippen LogP contribution is 2.19. The van der Waals surface area contributed by atoms with Crippen molar-refractivity contribution in [2.45, 2.75) is 12.5 Å². The van der Waals surface area contributed by atoms with Gasteiger partial charge in [-0.05, 0) is 12.5 Å². The van der Waals surface area contributed by atoms with E-state index in [1.807, 2.05) is 0 Å². The highest BCUT2D eigenvalue weighted by atomic mass is 35.5. The number of nitrogens with one attached hydrogen (secondary N) is 2. The van der Waals surface area contributed by atoms with Gasteiger partial charge >= 0.3 is 0 Å². The Hall–Kier alpha value is -1.27. The molecule has 0 spiro atoms. The highest BCUT2D eigenvalue weighted by Gasteiger charge is 2.27. The molecule has 1 amide bonds. The monoisotopic (exact) mass is 272 g/mol. The standard InChI is InChI=1S/C10H9ClN2O3S/c11-6-3-5(4-12-9(6)15)8(14)13-7-1-2-17-10(7)16/h3-4,7H,1-2H2,(H,12,15)(H,13,14). The summed E-state index contributed by atoms with van der Waals surface area (Å²) >= 11 is 6.82. The third-order valence-electron chi connectivity index (χ3n) is 2.36. The van der Waals surface area contributed by atoms with Gasteiger partial charge in [0.1, 0.15) is 5.02 Å². The summed E-state index contributed by atoms with van der Waals surface area (Å²) < 4.78 is 0. The SMILES string of the molecule is O=C(NC1CCSC1=O)c1c[nH]c(=O)c(Cl)c1. The average Bonchev–Trinajstić information content (AvgIpc) is 2.68. The van der Waals surface area contributed by atoms with Gasteiger partial charge in [0, 0.05) is 11.9 Å². The Kier molecular flexibility index (Phi) is 3.54. The lowest BCUT2D eigenvalue weighted by Crippen LogP contribution is -2.37. The van der Waals surface area contributed by atoms with E-state index in [9.17, 15) is 14.4 Å². The first-order valence-corrected chi connectivity index (χ1v) is 6.30. The second-order valence-electron chi connectivity index (χ2n) is 3.55. The van der Waals surface area contributed by atoms with Gasteiger partial charge < -0.3 is 10.3 Å². The van der Waals surface area contributed by atoms with Gasteiger partial charge in [0.05, 0.1) is 11.6 Å². The Morgan fingerprint density at radius 3 is 2.88 bits per heavy atom. The molecule has 1 aliphatic rings. The van der Waals surface area contributed by atoms with E-state index < -0.39 is 17.5 Å². The molecule has 1 unspecified atom stereocenters. The van der Waals surface area contributed by atoms with Crippen LogP contribution < -0.4 is 10.9 Å². The lowest BCUT2D eigenvalue weighted by atomic mass is 10.2. The number of aromatic amines is 1. The van der Waals surface area contributed by atoms with Crippen molar-refractivity contribution < 1.29 is 9.59 Å². The van der Waals surface area contributed by atoms with Crippen molar-refractivity contribution in [3.05, 3.63) is 33.2 Å². The van der Waals surface area contributed by atoms with E-state index in [4.69, 9.17) is 11.6 Å². The maximum absolute atomic E-state index is 11.8. The molecule has 1 atom stereocenters. The molecule has 0 saturated carbocycles. The molecule has 7 heteroatoms. The summed E-state index contributed by atoms with van der Waals surface area (Å²) in [6.07, 6.45) is 1.91. The van der Waals surface area contributed by atoms with Crippen LogP contribution in [0.4, 0.5) is 0 Å². The van der Waals surface area contributed by atoms with Gasteiger partial charge in [0.25, 0.3) is 11.5 Å². The molecule has 1 aromatic rings. The number of carbonyl (C=O) groups is 2. The number of carbonyl (C=O) groups excluding carboxylic acids is 2. The smallest absolute Gasteiger partial charge is 0.266 e. The number of H-pyrrole nitrogens is 1. The first-order valence-electron chi connectivity index (χ1n) is 4.93. The van der Waals surface area contributed by atoms with Crippen LogP contribution in [0.3, 0.4) is 0 Å². The number of pyridine rings is 1. The molecule has 5 nitrogen and oxygen atoms in total. The molecular formula is C10H9ClN2O3S. The molecule has 17 heavy (non-hydrogen) atoms. The third-order valence-corrected chi connectivity index (χ3v) is 3.65. The maximum Gasteiger partial charge on any atom is 0.266 e. The molecule has 2 N–H and O–H groups in total. The van der Waals surface area contributed by atoms with Crippen molar-refractivity contribution in [2.75, 3.05) is 5.75 Å². The molecule has 1 saturated heterocycles. The average molecular weight is 273 g/mol. The summed E-state index contributed by atoms with van der Waals surface area (Å²) in [5, 5.41) is 2.52. The molecule has 1 aromatic heterocycles. The number of amides is 1. The van der Waals surface area contributed by atoms with Crippen LogP contribution in [0, 0.1) is 0 Å². The molecule has 1 fully saturated rings. The number of rotatable bonds is 2. The molecule has 0 bridgehead atoms. The van der Waals surface area contributed by atoms with E-state index in [-0.39, 0.29) is 15.7 Å². The summed E-state index contributed by atoms with van der Waals surface area (Å²) in [5.41, 5.74) is -0.213. The number of thioether (sulfide) groups is 1. The zero-order valence-corrected chi connectivity index (χ0v) is 10.2. The predicted octanol–water partition coefficient (Wildman–Crippen LogP) is 0.790. The fourth-order valence-electron chi connectivity index (χ4n) is 1.46. The molecule has 1 aliphatic heterocycles. The Bertz CT molecular complexity index is 529. The summed E-state index contributed by atoms with van der Waals surface area (Å²) in [6.45, 7) is 0. The van der Waals surface area contributed by atoms with Crippen molar-refractivity contribution >= 4 is 34.4 Å². The van der Waals surface area contributed by atoms with Gasteiger partial charge in [-0.15, -0.1) is 0 Å².